The molecule has 1 fully saturated rings. The van der Waals surface area contributed by atoms with Crippen molar-refractivity contribution in [2.24, 2.45) is 0 Å². The molecule has 0 aromatic rings. The number of hydrogen-bond acceptors (Lipinski definition) is 1. The second kappa shape index (κ2) is 2.59. The molecule has 9 heavy (non-hydrogen) atoms. The third-order valence-corrected chi connectivity index (χ3v) is 4.99. The topological polar surface area (TPSA) is 0 Å². The summed E-state index contributed by atoms with van der Waals surface area (Å²) in [5, 5.41) is 1.98. The Hall–Kier alpha value is 0.440. The molecule has 0 aromatic carbocycles. The van der Waals surface area contributed by atoms with Crippen molar-refractivity contribution in [2.75, 3.05) is 0 Å². The monoisotopic (exact) mass is 159 g/mol. The number of rotatable bonds is 0. The maximum atomic E-state index is 2.33. The summed E-state index contributed by atoms with van der Waals surface area (Å²) >= 11 is 4.13. The van der Waals surface area contributed by atoms with Crippen molar-refractivity contribution in [1.29, 1.82) is 0 Å². The third-order valence-electron chi connectivity index (χ3n) is 2.10. The van der Waals surface area contributed by atoms with Crippen molar-refractivity contribution in [1.82, 2.24) is 0 Å². The third kappa shape index (κ3) is 1.15. The quantitative estimate of drug-likeness (QED) is 0.384. The Labute approximate surface area is 64.4 Å². The molecule has 1 heterocycles. The van der Waals surface area contributed by atoms with E-state index < -0.39 is 0 Å². The van der Waals surface area contributed by atoms with Gasteiger partial charge >= 0.3 is 0 Å². The molecule has 2 heteroatoms. The van der Waals surface area contributed by atoms with Gasteiger partial charge in [0.05, 0.1) is 5.25 Å². The van der Waals surface area contributed by atoms with Crippen molar-refractivity contribution >= 4 is 27.8 Å². The van der Waals surface area contributed by atoms with E-state index in [1.54, 1.807) is 0 Å². The Bertz CT molecular complexity index is 131. The molecule has 0 aromatic heterocycles. The van der Waals surface area contributed by atoms with Crippen LogP contribution in [-0.2, 0) is 11.4 Å². The summed E-state index contributed by atoms with van der Waals surface area (Å²) < 4.78 is 2.33. The normalized spacial score (nSPS) is 40.9. The SMILES string of the molecule is C1=[S+]C2CCCCC2S1. The molecule has 50 valence electrons. The summed E-state index contributed by atoms with van der Waals surface area (Å²) in [6.45, 7) is 0. The van der Waals surface area contributed by atoms with Crippen molar-refractivity contribution in [3.63, 3.8) is 0 Å². The number of thioether (sulfide) groups is 1. The maximum Gasteiger partial charge on any atom is 0.223 e. The predicted molar refractivity (Wildman–Crippen MR) is 47.1 cm³/mol. The Morgan fingerprint density at radius 2 is 2.22 bits per heavy atom. The van der Waals surface area contributed by atoms with E-state index in [4.69, 9.17) is 0 Å². The van der Waals surface area contributed by atoms with E-state index in [9.17, 15) is 0 Å². The van der Waals surface area contributed by atoms with Gasteiger partial charge in [-0.2, -0.15) is 0 Å². The molecule has 1 aliphatic carbocycles. The second-order valence-electron chi connectivity index (χ2n) is 2.73. The summed E-state index contributed by atoms with van der Waals surface area (Å²) in [4.78, 5) is 0. The molecule has 0 spiro atoms. The van der Waals surface area contributed by atoms with E-state index in [-0.39, 0.29) is 0 Å². The molecule has 2 rings (SSSR count). The summed E-state index contributed by atoms with van der Waals surface area (Å²) in [6.07, 6.45) is 5.89. The molecule has 1 aliphatic heterocycles. The van der Waals surface area contributed by atoms with Crippen LogP contribution in [0.5, 0.6) is 0 Å². The standard InChI is InChI=1S/C7H11S2/c1-2-4-7-6(3-1)8-5-9-7/h5-7H,1-4H2/q+1. The first-order valence-corrected chi connectivity index (χ1v) is 5.48. The van der Waals surface area contributed by atoms with E-state index in [0.29, 0.717) is 0 Å². The molecule has 1 saturated carbocycles. The smallest absolute Gasteiger partial charge is 0.0639 e. The molecule has 2 unspecified atom stereocenters. The van der Waals surface area contributed by atoms with Crippen LogP contribution in [-0.4, -0.2) is 15.2 Å². The lowest BCUT2D eigenvalue weighted by Crippen LogP contribution is -2.22. The average molecular weight is 159 g/mol. The Kier molecular flexibility index (Phi) is 1.77. The van der Waals surface area contributed by atoms with Crippen LogP contribution in [0.2, 0.25) is 0 Å². The fraction of sp³-hybridized carbons (Fsp3) is 0.857. The van der Waals surface area contributed by atoms with Gasteiger partial charge in [-0.15, -0.1) is 0 Å². The molecule has 0 nitrogen and oxygen atoms in total. The van der Waals surface area contributed by atoms with Crippen molar-refractivity contribution in [3.8, 4) is 0 Å². The van der Waals surface area contributed by atoms with E-state index in [1.165, 1.54) is 25.7 Å². The molecule has 0 radical (unpaired) electrons. The fourth-order valence-electron chi connectivity index (χ4n) is 1.55. The molecule has 0 N–H and O–H groups in total. The first-order valence-electron chi connectivity index (χ1n) is 3.59. The highest BCUT2D eigenvalue weighted by molar-refractivity contribution is 8.23. The molecule has 2 aliphatic rings. The summed E-state index contributed by atoms with van der Waals surface area (Å²) in [6, 6.07) is 0. The Balaban J connectivity index is 2.03. The van der Waals surface area contributed by atoms with Gasteiger partial charge in [-0.3, -0.25) is 0 Å². The van der Waals surface area contributed by atoms with Gasteiger partial charge in [0.2, 0.25) is 4.70 Å². The van der Waals surface area contributed by atoms with Crippen LogP contribution in [0.4, 0.5) is 0 Å². The highest BCUT2D eigenvalue weighted by Gasteiger charge is 2.36. The van der Waals surface area contributed by atoms with Crippen LogP contribution in [0.25, 0.3) is 0 Å². The van der Waals surface area contributed by atoms with Crippen LogP contribution in [0.1, 0.15) is 25.7 Å². The molecule has 2 atom stereocenters. The van der Waals surface area contributed by atoms with Gasteiger partial charge < -0.3 is 0 Å². The van der Waals surface area contributed by atoms with Crippen LogP contribution in [0, 0.1) is 0 Å². The van der Waals surface area contributed by atoms with Crippen LogP contribution < -0.4 is 0 Å². The highest BCUT2D eigenvalue weighted by Crippen LogP contribution is 2.32. The van der Waals surface area contributed by atoms with Crippen LogP contribution >= 0.6 is 11.8 Å². The largest absolute Gasteiger partial charge is 0.223 e. The van der Waals surface area contributed by atoms with Crippen molar-refractivity contribution in [3.05, 3.63) is 0 Å². The first-order chi connectivity index (χ1) is 4.47. The highest BCUT2D eigenvalue weighted by atomic mass is 32.2. The zero-order valence-corrected chi connectivity index (χ0v) is 7.01. The van der Waals surface area contributed by atoms with Gasteiger partial charge in [0, 0.05) is 6.42 Å². The Morgan fingerprint density at radius 1 is 1.33 bits per heavy atom. The van der Waals surface area contributed by atoms with E-state index in [2.05, 4.69) is 27.8 Å². The van der Waals surface area contributed by atoms with Gasteiger partial charge in [-0.05, 0) is 12.8 Å². The lowest BCUT2D eigenvalue weighted by Gasteiger charge is -2.15. The minimum Gasteiger partial charge on any atom is -0.0639 e. The van der Waals surface area contributed by atoms with Gasteiger partial charge in [0.25, 0.3) is 0 Å². The number of fused-ring (bicyclic) bond motifs is 1. The van der Waals surface area contributed by atoms with Crippen molar-refractivity contribution < 1.29 is 0 Å². The predicted octanol–water partition coefficient (Wildman–Crippen LogP) is 1.89. The zero-order valence-electron chi connectivity index (χ0n) is 5.38. The Morgan fingerprint density at radius 3 is 3.11 bits per heavy atom. The average Bonchev–Trinajstić information content (AvgIpc) is 2.33. The fourth-order valence-corrected chi connectivity index (χ4v) is 4.56. The summed E-state index contributed by atoms with van der Waals surface area (Å²) in [5.41, 5.74) is 0. The van der Waals surface area contributed by atoms with Gasteiger partial charge in [0.15, 0.2) is 16.6 Å². The lowest BCUT2D eigenvalue weighted by atomic mass is 10.00. The zero-order chi connectivity index (χ0) is 6.10. The summed E-state index contributed by atoms with van der Waals surface area (Å²) in [7, 11) is 0. The molecule has 0 amide bonds. The van der Waals surface area contributed by atoms with Crippen LogP contribution in [0.15, 0.2) is 0 Å². The molecule has 0 bridgehead atoms. The summed E-state index contributed by atoms with van der Waals surface area (Å²) in [5.74, 6) is 0. The molecular weight excluding hydrogens is 148 g/mol. The first kappa shape index (κ1) is 6.17. The minimum absolute atomic E-state index is 0.990. The maximum absolute atomic E-state index is 2.33. The second-order valence-corrected chi connectivity index (χ2v) is 5.25. The van der Waals surface area contributed by atoms with E-state index in [1.807, 2.05) is 0 Å². The van der Waals surface area contributed by atoms with Crippen LogP contribution in [0.3, 0.4) is 0 Å². The van der Waals surface area contributed by atoms with Gasteiger partial charge in [0.1, 0.15) is 0 Å². The molecule has 0 saturated heterocycles. The van der Waals surface area contributed by atoms with E-state index in [0.717, 1.165) is 10.5 Å². The van der Waals surface area contributed by atoms with E-state index >= 15 is 0 Å². The van der Waals surface area contributed by atoms with Gasteiger partial charge in [-0.1, -0.05) is 18.2 Å². The lowest BCUT2D eigenvalue weighted by molar-refractivity contribution is 0.531. The van der Waals surface area contributed by atoms with Crippen molar-refractivity contribution in [2.45, 2.75) is 36.2 Å². The number of hydrogen-bond donors (Lipinski definition) is 0. The molecular formula is C7H11S2+. The minimum atomic E-state index is 0.990. The van der Waals surface area contributed by atoms with Gasteiger partial charge in [-0.25, -0.2) is 0 Å².